The highest BCUT2D eigenvalue weighted by molar-refractivity contribution is 9.10. The van der Waals surface area contributed by atoms with Gasteiger partial charge in [-0.1, -0.05) is 36.9 Å². The molecule has 1 aliphatic carbocycles. The number of anilines is 2. The molecule has 0 aliphatic heterocycles. The van der Waals surface area contributed by atoms with Gasteiger partial charge in [0, 0.05) is 41.2 Å². The third kappa shape index (κ3) is 5.46. The molecule has 2 N–H and O–H groups in total. The quantitative estimate of drug-likeness (QED) is 0.440. The van der Waals surface area contributed by atoms with Crippen molar-refractivity contribution in [2.45, 2.75) is 44.7 Å². The highest BCUT2D eigenvalue weighted by atomic mass is 79.9. The molecule has 0 bridgehead atoms. The van der Waals surface area contributed by atoms with Crippen LogP contribution in [0.15, 0.2) is 53.4 Å². The van der Waals surface area contributed by atoms with Gasteiger partial charge < -0.3 is 10.6 Å². The highest BCUT2D eigenvalue weighted by Gasteiger charge is 2.15. The summed E-state index contributed by atoms with van der Waals surface area (Å²) in [7, 11) is 0. The highest BCUT2D eigenvalue weighted by Crippen LogP contribution is 2.30. The van der Waals surface area contributed by atoms with Gasteiger partial charge in [-0.05, 0) is 58.6 Å². The first-order chi connectivity index (χ1) is 14.2. The number of halogens is 2. The molecule has 0 amide bonds. The van der Waals surface area contributed by atoms with E-state index in [0.29, 0.717) is 17.6 Å². The van der Waals surface area contributed by atoms with Crippen LogP contribution in [-0.2, 0) is 6.54 Å². The molecule has 3 heterocycles. The monoisotopic (exact) mass is 471 g/mol. The predicted molar refractivity (Wildman–Crippen MR) is 122 cm³/mol. The first-order valence-electron chi connectivity index (χ1n) is 9.90. The molecule has 1 saturated carbocycles. The molecule has 4 rings (SSSR count). The van der Waals surface area contributed by atoms with Gasteiger partial charge in [0.1, 0.15) is 11.6 Å². The second kappa shape index (κ2) is 9.55. The van der Waals surface area contributed by atoms with E-state index < -0.39 is 0 Å². The molecule has 5 nitrogen and oxygen atoms in total. The number of hydrogen-bond acceptors (Lipinski definition) is 5. The Morgan fingerprint density at radius 1 is 1.03 bits per heavy atom. The maximum Gasteiger partial charge on any atom is 0.126 e. The molecule has 3 aromatic heterocycles. The lowest BCUT2D eigenvalue weighted by molar-refractivity contribution is 0.462. The van der Waals surface area contributed by atoms with Crippen LogP contribution in [0.3, 0.4) is 0 Å². The first-order valence-corrected chi connectivity index (χ1v) is 11.1. The van der Waals surface area contributed by atoms with E-state index in [-0.39, 0.29) is 0 Å². The van der Waals surface area contributed by atoms with Crippen molar-refractivity contribution in [2.75, 3.05) is 10.6 Å². The molecular weight excluding hydrogens is 450 g/mol. The van der Waals surface area contributed by atoms with Gasteiger partial charge in [0.15, 0.2) is 0 Å². The fraction of sp³-hybridized carbons (Fsp3) is 0.318. The van der Waals surface area contributed by atoms with Crippen LogP contribution in [0, 0.1) is 0 Å². The topological polar surface area (TPSA) is 62.7 Å². The van der Waals surface area contributed by atoms with Crippen LogP contribution in [-0.4, -0.2) is 21.0 Å². The largest absolute Gasteiger partial charge is 0.367 e. The summed E-state index contributed by atoms with van der Waals surface area (Å²) in [6.07, 6.45) is 11.6. The van der Waals surface area contributed by atoms with E-state index in [1.165, 1.54) is 32.1 Å². The van der Waals surface area contributed by atoms with Crippen LogP contribution in [0.5, 0.6) is 0 Å². The van der Waals surface area contributed by atoms with E-state index in [2.05, 4.69) is 36.5 Å². The number of aromatic nitrogens is 3. The van der Waals surface area contributed by atoms with Crippen molar-refractivity contribution >= 4 is 39.2 Å². The van der Waals surface area contributed by atoms with Crippen molar-refractivity contribution in [1.29, 1.82) is 0 Å². The summed E-state index contributed by atoms with van der Waals surface area (Å²) in [6.45, 7) is 0.640. The van der Waals surface area contributed by atoms with Crippen LogP contribution >= 0.6 is 27.5 Å². The number of nitrogens with one attached hydrogen (secondary N) is 2. The van der Waals surface area contributed by atoms with Crippen LogP contribution < -0.4 is 10.6 Å². The van der Waals surface area contributed by atoms with E-state index in [4.69, 9.17) is 16.6 Å². The molecule has 1 aliphatic rings. The molecule has 0 atom stereocenters. The third-order valence-electron chi connectivity index (χ3n) is 5.07. The molecule has 0 saturated heterocycles. The number of rotatable bonds is 6. The van der Waals surface area contributed by atoms with Crippen molar-refractivity contribution in [1.82, 2.24) is 15.0 Å². The fourth-order valence-electron chi connectivity index (χ4n) is 3.60. The number of nitrogens with zero attached hydrogens (tertiary/aromatic N) is 3. The van der Waals surface area contributed by atoms with Crippen molar-refractivity contribution in [3.63, 3.8) is 0 Å². The summed E-state index contributed by atoms with van der Waals surface area (Å²) >= 11 is 9.90. The van der Waals surface area contributed by atoms with Crippen LogP contribution in [0.2, 0.25) is 5.02 Å². The third-order valence-corrected chi connectivity index (χ3v) is 5.81. The second-order valence-corrected chi connectivity index (χ2v) is 8.62. The zero-order chi connectivity index (χ0) is 20.1. The van der Waals surface area contributed by atoms with E-state index in [1.807, 2.05) is 36.5 Å². The van der Waals surface area contributed by atoms with Gasteiger partial charge in [0.05, 0.1) is 10.7 Å². The van der Waals surface area contributed by atoms with Crippen molar-refractivity contribution in [3.8, 4) is 11.3 Å². The smallest absolute Gasteiger partial charge is 0.126 e. The van der Waals surface area contributed by atoms with Gasteiger partial charge in [0.25, 0.3) is 0 Å². The van der Waals surface area contributed by atoms with Crippen molar-refractivity contribution in [3.05, 3.63) is 64.0 Å². The predicted octanol–water partition coefficient (Wildman–Crippen LogP) is 6.31. The second-order valence-electron chi connectivity index (χ2n) is 7.30. The van der Waals surface area contributed by atoms with E-state index in [1.54, 1.807) is 12.4 Å². The lowest BCUT2D eigenvalue weighted by Crippen LogP contribution is -2.22. The summed E-state index contributed by atoms with van der Waals surface area (Å²) in [6, 6.07) is 10.4. The molecular formula is C22H23BrClN5. The summed E-state index contributed by atoms with van der Waals surface area (Å²) in [5, 5.41) is 7.51. The molecule has 0 spiro atoms. The average Bonchev–Trinajstić information content (AvgIpc) is 2.75. The zero-order valence-corrected chi connectivity index (χ0v) is 18.4. The van der Waals surface area contributed by atoms with E-state index >= 15 is 0 Å². The van der Waals surface area contributed by atoms with Gasteiger partial charge in [-0.2, -0.15) is 0 Å². The maximum absolute atomic E-state index is 6.45. The van der Waals surface area contributed by atoms with Crippen molar-refractivity contribution < 1.29 is 0 Å². The SMILES string of the molecule is Clc1cnc(NC2CCCCC2)cc1-c1cccc(NCc2cncc(Br)c2)n1. The molecule has 29 heavy (non-hydrogen) atoms. The van der Waals surface area contributed by atoms with Gasteiger partial charge in [0.2, 0.25) is 0 Å². The first kappa shape index (κ1) is 20.1. The van der Waals surface area contributed by atoms with E-state index in [9.17, 15) is 0 Å². The molecule has 150 valence electrons. The van der Waals surface area contributed by atoms with Crippen LogP contribution in [0.4, 0.5) is 11.6 Å². The Kier molecular flexibility index (Phi) is 6.62. The van der Waals surface area contributed by atoms with Gasteiger partial charge in [-0.15, -0.1) is 0 Å². The Morgan fingerprint density at radius 3 is 2.72 bits per heavy atom. The molecule has 0 unspecified atom stereocenters. The van der Waals surface area contributed by atoms with Gasteiger partial charge >= 0.3 is 0 Å². The normalized spacial score (nSPS) is 14.6. The minimum Gasteiger partial charge on any atom is -0.367 e. The Morgan fingerprint density at radius 2 is 1.90 bits per heavy atom. The summed E-state index contributed by atoms with van der Waals surface area (Å²) in [5.74, 6) is 1.65. The lowest BCUT2D eigenvalue weighted by atomic mass is 9.95. The summed E-state index contributed by atoms with van der Waals surface area (Å²) < 4.78 is 0.958. The standard InChI is InChI=1S/C22H23BrClN5/c23-16-9-15(11-25-13-16)12-26-21-8-4-7-20(29-21)18-10-22(27-14-19(18)24)28-17-5-2-1-3-6-17/h4,7-11,13-14,17H,1-3,5-6,12H2,(H,26,29)(H,27,28). The minimum absolute atomic E-state index is 0.491. The molecule has 7 heteroatoms. The van der Waals surface area contributed by atoms with Gasteiger partial charge in [-0.3, -0.25) is 4.98 Å². The Labute approximate surface area is 184 Å². The van der Waals surface area contributed by atoms with Crippen LogP contribution in [0.25, 0.3) is 11.3 Å². The number of hydrogen-bond donors (Lipinski definition) is 2. The average molecular weight is 473 g/mol. The Hall–Kier alpha value is -2.18. The molecule has 3 aromatic rings. The lowest BCUT2D eigenvalue weighted by Gasteiger charge is -2.23. The molecule has 0 aromatic carbocycles. The summed E-state index contributed by atoms with van der Waals surface area (Å²) in [5.41, 5.74) is 2.78. The maximum atomic E-state index is 6.45. The zero-order valence-electron chi connectivity index (χ0n) is 16.0. The molecule has 0 radical (unpaired) electrons. The minimum atomic E-state index is 0.491. The van der Waals surface area contributed by atoms with Crippen LogP contribution in [0.1, 0.15) is 37.7 Å². The summed E-state index contributed by atoms with van der Waals surface area (Å²) in [4.78, 5) is 13.4. The number of pyridine rings is 3. The Balaban J connectivity index is 1.50. The Bertz CT molecular complexity index is 975. The van der Waals surface area contributed by atoms with Crippen molar-refractivity contribution in [2.24, 2.45) is 0 Å². The molecule has 1 fully saturated rings. The van der Waals surface area contributed by atoms with Gasteiger partial charge in [-0.25, -0.2) is 9.97 Å². The van der Waals surface area contributed by atoms with E-state index in [0.717, 1.165) is 32.9 Å². The fourth-order valence-corrected chi connectivity index (χ4v) is 4.21.